The van der Waals surface area contributed by atoms with Crippen LogP contribution in [-0.4, -0.2) is 11.3 Å². The molecule has 0 N–H and O–H groups in total. The summed E-state index contributed by atoms with van der Waals surface area (Å²) < 4.78 is 0. The molecule has 0 bridgehead atoms. The zero-order valence-corrected chi connectivity index (χ0v) is 11.9. The minimum atomic E-state index is 0.602. The number of hydrogen-bond donors (Lipinski definition) is 0. The minimum absolute atomic E-state index is 0.602. The van der Waals surface area contributed by atoms with Crippen molar-refractivity contribution in [2.45, 2.75) is 6.92 Å². The predicted molar refractivity (Wildman–Crippen MR) is 86.2 cm³/mol. The molecule has 1 aromatic heterocycles. The van der Waals surface area contributed by atoms with Crippen LogP contribution in [0.4, 0.5) is 0 Å². The van der Waals surface area contributed by atoms with E-state index in [4.69, 9.17) is 0 Å². The smallest absolute Gasteiger partial charge is 0.151 e. The summed E-state index contributed by atoms with van der Waals surface area (Å²) in [6.45, 7) is 2.08. The molecule has 0 atom stereocenters. The SMILES string of the molecule is Cc1ccccc1.O=Cc1ccc(-c2ccccc2)nc1. The topological polar surface area (TPSA) is 30.0 Å². The number of hydrogen-bond acceptors (Lipinski definition) is 2. The lowest BCUT2D eigenvalue weighted by atomic mass is 10.1. The Hall–Kier alpha value is -2.74. The molecule has 2 nitrogen and oxygen atoms in total. The molecule has 0 saturated heterocycles. The molecule has 0 spiro atoms. The molecule has 1 heterocycles. The van der Waals surface area contributed by atoms with Gasteiger partial charge in [-0.05, 0) is 19.1 Å². The first-order valence-corrected chi connectivity index (χ1v) is 6.78. The largest absolute Gasteiger partial charge is 0.298 e. The number of rotatable bonds is 2. The molecule has 0 aliphatic heterocycles. The van der Waals surface area contributed by atoms with Gasteiger partial charge in [-0.2, -0.15) is 0 Å². The fraction of sp³-hybridized carbons (Fsp3) is 0.0526. The highest BCUT2D eigenvalue weighted by atomic mass is 16.1. The number of carbonyl (C=O) groups is 1. The maximum Gasteiger partial charge on any atom is 0.151 e. The summed E-state index contributed by atoms with van der Waals surface area (Å²) in [7, 11) is 0. The Kier molecular flexibility index (Phi) is 5.41. The van der Waals surface area contributed by atoms with Gasteiger partial charge in [-0.15, -0.1) is 0 Å². The van der Waals surface area contributed by atoms with Crippen molar-refractivity contribution in [1.82, 2.24) is 4.98 Å². The number of benzene rings is 2. The summed E-state index contributed by atoms with van der Waals surface area (Å²) in [5, 5.41) is 0. The summed E-state index contributed by atoms with van der Waals surface area (Å²) in [6, 6.07) is 23.7. The first-order valence-electron chi connectivity index (χ1n) is 6.78. The molecule has 3 aromatic rings. The summed E-state index contributed by atoms with van der Waals surface area (Å²) in [4.78, 5) is 14.6. The summed E-state index contributed by atoms with van der Waals surface area (Å²) in [6.07, 6.45) is 2.37. The lowest BCUT2D eigenvalue weighted by Crippen LogP contribution is -1.85. The van der Waals surface area contributed by atoms with Gasteiger partial charge in [0.15, 0.2) is 6.29 Å². The predicted octanol–water partition coefficient (Wildman–Crippen LogP) is 4.56. The monoisotopic (exact) mass is 275 g/mol. The fourth-order valence-electron chi connectivity index (χ4n) is 1.79. The highest BCUT2D eigenvalue weighted by Gasteiger charge is 1.97. The molecule has 3 rings (SSSR count). The molecule has 21 heavy (non-hydrogen) atoms. The summed E-state index contributed by atoms with van der Waals surface area (Å²) >= 11 is 0. The number of aldehydes is 1. The van der Waals surface area contributed by atoms with Gasteiger partial charge in [-0.25, -0.2) is 0 Å². The van der Waals surface area contributed by atoms with E-state index in [0.717, 1.165) is 17.5 Å². The summed E-state index contributed by atoms with van der Waals surface area (Å²) in [5.74, 6) is 0. The molecule has 0 saturated carbocycles. The second kappa shape index (κ2) is 7.75. The van der Waals surface area contributed by atoms with E-state index >= 15 is 0 Å². The molecule has 0 aliphatic carbocycles. The Balaban J connectivity index is 0.000000194. The second-order valence-electron chi connectivity index (χ2n) is 4.62. The van der Waals surface area contributed by atoms with Crippen molar-refractivity contribution < 1.29 is 4.79 Å². The van der Waals surface area contributed by atoms with Crippen LogP contribution in [0.3, 0.4) is 0 Å². The lowest BCUT2D eigenvalue weighted by molar-refractivity contribution is 0.112. The summed E-state index contributed by atoms with van der Waals surface area (Å²) in [5.41, 5.74) is 3.87. The minimum Gasteiger partial charge on any atom is -0.298 e. The van der Waals surface area contributed by atoms with Crippen LogP contribution < -0.4 is 0 Å². The first kappa shape index (κ1) is 14.7. The second-order valence-corrected chi connectivity index (χ2v) is 4.62. The van der Waals surface area contributed by atoms with Crippen molar-refractivity contribution in [1.29, 1.82) is 0 Å². The molecule has 0 radical (unpaired) electrons. The van der Waals surface area contributed by atoms with Crippen LogP contribution in [0.25, 0.3) is 11.3 Å². The van der Waals surface area contributed by atoms with Gasteiger partial charge in [0.2, 0.25) is 0 Å². The highest BCUT2D eigenvalue weighted by molar-refractivity contribution is 5.75. The van der Waals surface area contributed by atoms with Gasteiger partial charge in [0.05, 0.1) is 5.69 Å². The number of pyridine rings is 1. The van der Waals surface area contributed by atoms with E-state index in [1.807, 2.05) is 54.6 Å². The zero-order chi connectivity index (χ0) is 14.9. The molecular formula is C19H17NO. The average molecular weight is 275 g/mol. The van der Waals surface area contributed by atoms with Crippen LogP contribution in [0, 0.1) is 6.92 Å². The van der Waals surface area contributed by atoms with Gasteiger partial charge >= 0.3 is 0 Å². The van der Waals surface area contributed by atoms with E-state index in [0.29, 0.717) is 5.56 Å². The molecule has 0 unspecified atom stereocenters. The Bertz CT molecular complexity index is 661. The van der Waals surface area contributed by atoms with E-state index in [-0.39, 0.29) is 0 Å². The van der Waals surface area contributed by atoms with Crippen LogP contribution in [-0.2, 0) is 0 Å². The number of aromatic nitrogens is 1. The van der Waals surface area contributed by atoms with Crippen LogP contribution in [0.15, 0.2) is 79.0 Å². The maximum atomic E-state index is 10.4. The van der Waals surface area contributed by atoms with Gasteiger partial charge in [0.1, 0.15) is 0 Å². The number of aryl methyl sites for hydroxylation is 1. The van der Waals surface area contributed by atoms with Gasteiger partial charge in [0.25, 0.3) is 0 Å². The molecule has 2 heteroatoms. The highest BCUT2D eigenvalue weighted by Crippen LogP contribution is 2.15. The van der Waals surface area contributed by atoms with Gasteiger partial charge in [0, 0.05) is 17.3 Å². The number of nitrogens with zero attached hydrogens (tertiary/aromatic N) is 1. The Morgan fingerprint density at radius 1 is 0.810 bits per heavy atom. The molecule has 104 valence electrons. The lowest BCUT2D eigenvalue weighted by Gasteiger charge is -1.99. The standard InChI is InChI=1S/C12H9NO.C7H8/c14-9-10-6-7-12(13-8-10)11-4-2-1-3-5-11;1-7-5-3-2-4-6-7/h1-9H;2-6H,1H3. The fourth-order valence-corrected chi connectivity index (χ4v) is 1.79. The quantitative estimate of drug-likeness (QED) is 0.642. The zero-order valence-electron chi connectivity index (χ0n) is 11.9. The third-order valence-corrected chi connectivity index (χ3v) is 2.93. The van der Waals surface area contributed by atoms with Crippen molar-refractivity contribution in [2.75, 3.05) is 0 Å². The average Bonchev–Trinajstić information content (AvgIpc) is 2.57. The Morgan fingerprint density at radius 2 is 1.43 bits per heavy atom. The molecule has 2 aromatic carbocycles. The third kappa shape index (κ3) is 4.69. The Morgan fingerprint density at radius 3 is 1.86 bits per heavy atom. The van der Waals surface area contributed by atoms with Crippen LogP contribution in [0.5, 0.6) is 0 Å². The number of carbonyl (C=O) groups excluding carboxylic acids is 1. The van der Waals surface area contributed by atoms with Crippen LogP contribution in [0.1, 0.15) is 15.9 Å². The van der Waals surface area contributed by atoms with Gasteiger partial charge < -0.3 is 0 Å². The van der Waals surface area contributed by atoms with E-state index in [9.17, 15) is 4.79 Å². The first-order chi connectivity index (χ1) is 10.3. The van der Waals surface area contributed by atoms with Crippen LogP contribution >= 0.6 is 0 Å². The van der Waals surface area contributed by atoms with Gasteiger partial charge in [-0.3, -0.25) is 9.78 Å². The van der Waals surface area contributed by atoms with Crippen LogP contribution in [0.2, 0.25) is 0 Å². The van der Waals surface area contributed by atoms with E-state index in [1.54, 1.807) is 12.3 Å². The molecule has 0 amide bonds. The van der Waals surface area contributed by atoms with Crippen molar-refractivity contribution >= 4 is 6.29 Å². The third-order valence-electron chi connectivity index (χ3n) is 2.93. The normalized spacial score (nSPS) is 9.38. The van der Waals surface area contributed by atoms with Crippen molar-refractivity contribution in [3.05, 3.63) is 90.1 Å². The van der Waals surface area contributed by atoms with Gasteiger partial charge in [-0.1, -0.05) is 66.2 Å². The van der Waals surface area contributed by atoms with E-state index in [1.165, 1.54) is 5.56 Å². The van der Waals surface area contributed by atoms with E-state index in [2.05, 4.69) is 24.0 Å². The van der Waals surface area contributed by atoms with Crippen molar-refractivity contribution in [3.8, 4) is 11.3 Å². The van der Waals surface area contributed by atoms with Crippen molar-refractivity contribution in [3.63, 3.8) is 0 Å². The molecule has 0 aliphatic rings. The Labute approximate surface area is 125 Å². The molecule has 0 fully saturated rings. The molecular weight excluding hydrogens is 258 g/mol. The van der Waals surface area contributed by atoms with E-state index < -0.39 is 0 Å². The maximum absolute atomic E-state index is 10.4. The van der Waals surface area contributed by atoms with Crippen molar-refractivity contribution in [2.24, 2.45) is 0 Å².